The van der Waals surface area contributed by atoms with Gasteiger partial charge in [-0.1, -0.05) is 35.9 Å². The highest BCUT2D eigenvalue weighted by atomic mass is 35.5. The number of hydrogen-bond donors (Lipinski definition) is 1. The number of carbonyl (C=O) groups is 1. The van der Waals surface area contributed by atoms with Crippen LogP contribution < -0.4 is 10.1 Å². The number of rotatable bonds is 6. The standard InChI is InChI=1S/C23H23ClN2O2S/c1-28-21-9-5-2-6-15(21)13-25-22(27)14-29-23-17-7-3-4-8-19(17)26-20-12-16(24)10-11-18(20)23/h2,5-6,9-12H,3-4,7-8,13-14H2,1H3,(H,25,27). The second-order valence-electron chi connectivity index (χ2n) is 7.11. The van der Waals surface area contributed by atoms with Crippen LogP contribution in [0.15, 0.2) is 47.4 Å². The Balaban J connectivity index is 1.51. The van der Waals surface area contributed by atoms with Crippen molar-refractivity contribution in [2.24, 2.45) is 0 Å². The summed E-state index contributed by atoms with van der Waals surface area (Å²) < 4.78 is 5.35. The number of benzene rings is 2. The van der Waals surface area contributed by atoms with Gasteiger partial charge in [-0.2, -0.15) is 0 Å². The Bertz CT molecular complexity index is 1050. The van der Waals surface area contributed by atoms with Crippen molar-refractivity contribution in [3.63, 3.8) is 0 Å². The molecule has 29 heavy (non-hydrogen) atoms. The molecule has 0 saturated carbocycles. The summed E-state index contributed by atoms with van der Waals surface area (Å²) in [6.45, 7) is 0.453. The minimum Gasteiger partial charge on any atom is -0.496 e. The van der Waals surface area contributed by atoms with Gasteiger partial charge in [-0.25, -0.2) is 0 Å². The van der Waals surface area contributed by atoms with E-state index in [1.165, 1.54) is 16.9 Å². The van der Waals surface area contributed by atoms with E-state index in [0.29, 0.717) is 17.3 Å². The Morgan fingerprint density at radius 2 is 2.03 bits per heavy atom. The lowest BCUT2D eigenvalue weighted by molar-refractivity contribution is -0.118. The molecule has 1 aliphatic carbocycles. The van der Waals surface area contributed by atoms with E-state index in [9.17, 15) is 4.79 Å². The Labute approximate surface area is 180 Å². The number of fused-ring (bicyclic) bond motifs is 2. The number of aryl methyl sites for hydroxylation is 1. The number of halogens is 1. The lowest BCUT2D eigenvalue weighted by Gasteiger charge is -2.20. The van der Waals surface area contributed by atoms with Crippen molar-refractivity contribution in [1.29, 1.82) is 0 Å². The van der Waals surface area contributed by atoms with E-state index in [1.54, 1.807) is 18.9 Å². The SMILES string of the molecule is COc1ccccc1CNC(=O)CSc1c2c(nc3cc(Cl)ccc13)CCCC2. The minimum absolute atomic E-state index is 0.00407. The zero-order chi connectivity index (χ0) is 20.2. The fourth-order valence-corrected chi connectivity index (χ4v) is 5.02. The molecular formula is C23H23ClN2O2S. The molecule has 0 bridgehead atoms. The molecule has 1 heterocycles. The summed E-state index contributed by atoms with van der Waals surface area (Å²) in [6.07, 6.45) is 4.34. The molecule has 0 fully saturated rings. The van der Waals surface area contributed by atoms with Gasteiger partial charge in [0.1, 0.15) is 5.75 Å². The predicted molar refractivity (Wildman–Crippen MR) is 119 cm³/mol. The lowest BCUT2D eigenvalue weighted by atomic mass is 9.94. The highest BCUT2D eigenvalue weighted by molar-refractivity contribution is 8.00. The first-order valence-electron chi connectivity index (χ1n) is 9.78. The summed E-state index contributed by atoms with van der Waals surface area (Å²) >= 11 is 7.78. The van der Waals surface area contributed by atoms with Gasteiger partial charge in [0.25, 0.3) is 0 Å². The van der Waals surface area contributed by atoms with Crippen LogP contribution in [0, 0.1) is 0 Å². The van der Waals surface area contributed by atoms with Gasteiger partial charge in [0.2, 0.25) is 5.91 Å². The van der Waals surface area contributed by atoms with Crippen molar-refractivity contribution >= 4 is 40.2 Å². The van der Waals surface area contributed by atoms with Crippen LogP contribution in [0.3, 0.4) is 0 Å². The first-order chi connectivity index (χ1) is 14.2. The van der Waals surface area contributed by atoms with E-state index in [4.69, 9.17) is 21.3 Å². The van der Waals surface area contributed by atoms with Crippen molar-refractivity contribution in [1.82, 2.24) is 10.3 Å². The summed E-state index contributed by atoms with van der Waals surface area (Å²) in [5.41, 5.74) is 4.33. The number of amides is 1. The van der Waals surface area contributed by atoms with Gasteiger partial charge in [-0.3, -0.25) is 9.78 Å². The van der Waals surface area contributed by atoms with Crippen LogP contribution in [0.25, 0.3) is 10.9 Å². The number of ether oxygens (including phenoxy) is 1. The Kier molecular flexibility index (Phi) is 6.26. The first-order valence-corrected chi connectivity index (χ1v) is 11.1. The molecule has 1 aliphatic rings. The van der Waals surface area contributed by atoms with Crippen LogP contribution in [0.4, 0.5) is 0 Å². The third-order valence-corrected chi connectivity index (χ3v) is 6.59. The molecule has 0 spiro atoms. The molecule has 4 nitrogen and oxygen atoms in total. The van der Waals surface area contributed by atoms with Crippen LogP contribution in [0.2, 0.25) is 5.02 Å². The van der Waals surface area contributed by atoms with Gasteiger partial charge in [0.15, 0.2) is 0 Å². The Morgan fingerprint density at radius 3 is 2.90 bits per heavy atom. The number of nitrogens with zero attached hydrogens (tertiary/aromatic N) is 1. The van der Waals surface area contributed by atoms with Crippen LogP contribution in [0.5, 0.6) is 5.75 Å². The van der Waals surface area contributed by atoms with E-state index < -0.39 is 0 Å². The molecule has 150 valence electrons. The van der Waals surface area contributed by atoms with Crippen LogP contribution in [-0.2, 0) is 24.2 Å². The average molecular weight is 427 g/mol. The highest BCUT2D eigenvalue weighted by Crippen LogP contribution is 2.36. The number of methoxy groups -OCH3 is 1. The topological polar surface area (TPSA) is 51.2 Å². The number of para-hydroxylation sites is 1. The highest BCUT2D eigenvalue weighted by Gasteiger charge is 2.19. The molecule has 1 aromatic heterocycles. The summed E-state index contributed by atoms with van der Waals surface area (Å²) in [6, 6.07) is 13.6. The summed E-state index contributed by atoms with van der Waals surface area (Å²) in [5, 5.41) is 4.77. The van der Waals surface area contributed by atoms with Gasteiger partial charge in [0.05, 0.1) is 18.4 Å². The smallest absolute Gasteiger partial charge is 0.230 e. The lowest BCUT2D eigenvalue weighted by Crippen LogP contribution is -2.25. The maximum Gasteiger partial charge on any atom is 0.230 e. The molecule has 3 aromatic rings. The minimum atomic E-state index is 0.00407. The van der Waals surface area contributed by atoms with Gasteiger partial charge < -0.3 is 10.1 Å². The third-order valence-electron chi connectivity index (χ3n) is 5.19. The summed E-state index contributed by atoms with van der Waals surface area (Å²) in [7, 11) is 1.64. The Hall–Kier alpha value is -2.24. The quantitative estimate of drug-likeness (QED) is 0.551. The molecule has 0 saturated heterocycles. The van der Waals surface area contributed by atoms with Crippen molar-refractivity contribution in [2.75, 3.05) is 12.9 Å². The van der Waals surface area contributed by atoms with Gasteiger partial charge >= 0.3 is 0 Å². The van der Waals surface area contributed by atoms with Crippen molar-refractivity contribution < 1.29 is 9.53 Å². The fraction of sp³-hybridized carbons (Fsp3) is 0.304. The van der Waals surface area contributed by atoms with Crippen LogP contribution in [-0.4, -0.2) is 23.8 Å². The number of thioether (sulfide) groups is 1. The fourth-order valence-electron chi connectivity index (χ4n) is 3.75. The molecule has 6 heteroatoms. The second kappa shape index (κ2) is 9.06. The van der Waals surface area contributed by atoms with Crippen molar-refractivity contribution in [3.05, 3.63) is 64.3 Å². The zero-order valence-corrected chi connectivity index (χ0v) is 17.9. The van der Waals surface area contributed by atoms with Crippen LogP contribution in [0.1, 0.15) is 29.7 Å². The van der Waals surface area contributed by atoms with Crippen molar-refractivity contribution in [2.45, 2.75) is 37.1 Å². The van der Waals surface area contributed by atoms with E-state index >= 15 is 0 Å². The number of carbonyl (C=O) groups excluding carboxylic acids is 1. The molecule has 4 rings (SSSR count). The van der Waals surface area contributed by atoms with E-state index in [1.807, 2.05) is 42.5 Å². The number of nitrogens with one attached hydrogen (secondary N) is 1. The summed E-state index contributed by atoms with van der Waals surface area (Å²) in [5.74, 6) is 1.15. The average Bonchev–Trinajstić information content (AvgIpc) is 2.75. The first kappa shape index (κ1) is 20.0. The van der Waals surface area contributed by atoms with Crippen molar-refractivity contribution in [3.8, 4) is 5.75 Å². The zero-order valence-electron chi connectivity index (χ0n) is 16.3. The molecule has 2 aromatic carbocycles. The number of aromatic nitrogens is 1. The predicted octanol–water partition coefficient (Wildman–Crippen LogP) is 5.18. The largest absolute Gasteiger partial charge is 0.496 e. The maximum absolute atomic E-state index is 12.5. The number of pyridine rings is 1. The molecule has 1 N–H and O–H groups in total. The monoisotopic (exact) mass is 426 g/mol. The summed E-state index contributed by atoms with van der Waals surface area (Å²) in [4.78, 5) is 18.6. The normalized spacial score (nSPS) is 13.2. The second-order valence-corrected chi connectivity index (χ2v) is 8.53. The van der Waals surface area contributed by atoms with E-state index in [2.05, 4.69) is 5.32 Å². The van der Waals surface area contributed by atoms with Crippen LogP contribution >= 0.6 is 23.4 Å². The molecule has 0 unspecified atom stereocenters. The van der Waals surface area contributed by atoms with E-state index in [0.717, 1.165) is 47.2 Å². The van der Waals surface area contributed by atoms with E-state index in [-0.39, 0.29) is 5.91 Å². The molecule has 1 amide bonds. The molecule has 0 aliphatic heterocycles. The third kappa shape index (κ3) is 4.51. The number of hydrogen-bond acceptors (Lipinski definition) is 4. The van der Waals surface area contributed by atoms with Gasteiger partial charge in [-0.15, -0.1) is 11.8 Å². The maximum atomic E-state index is 12.5. The molecular weight excluding hydrogens is 404 g/mol. The molecule has 0 atom stereocenters. The molecule has 0 radical (unpaired) electrons. The Morgan fingerprint density at radius 1 is 1.21 bits per heavy atom. The van der Waals surface area contributed by atoms with Gasteiger partial charge in [-0.05, 0) is 49.4 Å². The van der Waals surface area contributed by atoms with Gasteiger partial charge in [0, 0.05) is 33.1 Å².